The first-order valence-corrected chi connectivity index (χ1v) is 5.73. The van der Waals surface area contributed by atoms with Gasteiger partial charge in [-0.25, -0.2) is 0 Å². The van der Waals surface area contributed by atoms with E-state index in [0.29, 0.717) is 13.0 Å². The Kier molecular flexibility index (Phi) is 3.50. The zero-order valence-corrected chi connectivity index (χ0v) is 10.3. The summed E-state index contributed by atoms with van der Waals surface area (Å²) in [5.41, 5.74) is -0.00993. The van der Waals surface area contributed by atoms with Crippen LogP contribution in [0.25, 0.3) is 0 Å². The number of carbonyl (C=O) groups is 2. The Bertz CT molecular complexity index is 524. The molecule has 0 bridgehead atoms. The van der Waals surface area contributed by atoms with E-state index >= 15 is 0 Å². The molecule has 19 heavy (non-hydrogen) atoms. The molecule has 2 rings (SSSR count). The molecule has 0 aliphatic carbocycles. The summed E-state index contributed by atoms with van der Waals surface area (Å²) < 4.78 is 4.63. The molecule has 0 spiro atoms. The number of carbonyl (C=O) groups excluding carboxylic acids is 2. The molecule has 1 aromatic rings. The van der Waals surface area contributed by atoms with Crippen molar-refractivity contribution >= 4 is 17.6 Å². The fraction of sp³-hybridized carbons (Fsp3) is 0.455. The quantitative estimate of drug-likeness (QED) is 0.489. The van der Waals surface area contributed by atoms with Crippen LogP contribution in [0.2, 0.25) is 0 Å². The Morgan fingerprint density at radius 3 is 2.89 bits per heavy atom. The van der Waals surface area contributed by atoms with Gasteiger partial charge in [0.05, 0.1) is 24.1 Å². The van der Waals surface area contributed by atoms with E-state index in [2.05, 4.69) is 9.72 Å². The van der Waals surface area contributed by atoms with Crippen LogP contribution in [0.1, 0.15) is 16.9 Å². The maximum Gasteiger partial charge on any atom is 0.310 e. The van der Waals surface area contributed by atoms with E-state index in [-0.39, 0.29) is 35.7 Å². The second kappa shape index (κ2) is 5.09. The highest BCUT2D eigenvalue weighted by Gasteiger charge is 2.32. The lowest BCUT2D eigenvalue weighted by Gasteiger charge is -2.14. The molecule has 1 saturated heterocycles. The molecule has 0 saturated carbocycles. The molecule has 102 valence electrons. The van der Waals surface area contributed by atoms with Crippen molar-refractivity contribution in [3.63, 3.8) is 0 Å². The molecule has 1 aliphatic heterocycles. The normalized spacial score (nSPS) is 18.4. The standard InChI is InChI=1S/C11H13N3O5/c1-19-11(16)7-2-3-13(6-7)10(15)9-4-8(5-12-9)14(17)18/h4-5,7,12H,2-3,6H2,1H3. The first kappa shape index (κ1) is 13.1. The molecule has 1 unspecified atom stereocenters. The zero-order valence-electron chi connectivity index (χ0n) is 10.3. The van der Waals surface area contributed by atoms with E-state index in [1.807, 2.05) is 0 Å². The number of methoxy groups -OCH3 is 1. The molecule has 1 aromatic heterocycles. The lowest BCUT2D eigenvalue weighted by atomic mass is 10.1. The molecular formula is C11H13N3O5. The Labute approximate surface area is 108 Å². The number of rotatable bonds is 3. The third-order valence-electron chi connectivity index (χ3n) is 3.12. The molecule has 1 amide bonds. The molecule has 8 nitrogen and oxygen atoms in total. The van der Waals surface area contributed by atoms with Crippen molar-refractivity contribution in [1.29, 1.82) is 0 Å². The van der Waals surface area contributed by atoms with Gasteiger partial charge in [0.25, 0.3) is 11.6 Å². The topological polar surface area (TPSA) is 106 Å². The number of hydrogen-bond donors (Lipinski definition) is 1. The minimum absolute atomic E-state index is 0.150. The van der Waals surface area contributed by atoms with Crippen molar-refractivity contribution in [3.05, 3.63) is 28.1 Å². The number of esters is 1. The van der Waals surface area contributed by atoms with Gasteiger partial charge in [-0.15, -0.1) is 0 Å². The number of aromatic amines is 1. The predicted octanol–water partition coefficient (Wildman–Crippen LogP) is 0.558. The van der Waals surface area contributed by atoms with Gasteiger partial charge in [-0.2, -0.15) is 0 Å². The number of amides is 1. The Morgan fingerprint density at radius 2 is 2.32 bits per heavy atom. The van der Waals surface area contributed by atoms with Crippen molar-refractivity contribution in [2.24, 2.45) is 5.92 Å². The summed E-state index contributed by atoms with van der Waals surface area (Å²) in [5.74, 6) is -1.01. The number of ether oxygens (including phenoxy) is 1. The highest BCUT2D eigenvalue weighted by Crippen LogP contribution is 2.21. The van der Waals surface area contributed by atoms with E-state index in [1.54, 1.807) is 0 Å². The highest BCUT2D eigenvalue weighted by atomic mass is 16.6. The average Bonchev–Trinajstić information content (AvgIpc) is 3.05. The van der Waals surface area contributed by atoms with Gasteiger partial charge in [-0.1, -0.05) is 0 Å². The first-order chi connectivity index (χ1) is 9.02. The average molecular weight is 267 g/mol. The summed E-state index contributed by atoms with van der Waals surface area (Å²) in [6.07, 6.45) is 1.71. The monoisotopic (exact) mass is 267 g/mol. The Hall–Kier alpha value is -2.38. The number of H-pyrrole nitrogens is 1. The number of likely N-dealkylation sites (tertiary alicyclic amines) is 1. The van der Waals surface area contributed by atoms with Gasteiger partial charge in [-0.05, 0) is 6.42 Å². The van der Waals surface area contributed by atoms with Crippen molar-refractivity contribution in [3.8, 4) is 0 Å². The third kappa shape index (κ3) is 2.56. The van der Waals surface area contributed by atoms with E-state index in [4.69, 9.17) is 0 Å². The van der Waals surface area contributed by atoms with Gasteiger partial charge in [-0.3, -0.25) is 19.7 Å². The van der Waals surface area contributed by atoms with Crippen LogP contribution in [0.5, 0.6) is 0 Å². The largest absolute Gasteiger partial charge is 0.469 e. The van der Waals surface area contributed by atoms with Crippen molar-refractivity contribution in [2.45, 2.75) is 6.42 Å². The summed E-state index contributed by atoms with van der Waals surface area (Å²) in [7, 11) is 1.31. The van der Waals surface area contributed by atoms with Gasteiger partial charge in [0.2, 0.25) is 0 Å². The van der Waals surface area contributed by atoms with Gasteiger partial charge in [0.15, 0.2) is 0 Å². The number of aromatic nitrogens is 1. The predicted molar refractivity (Wildman–Crippen MR) is 63.5 cm³/mol. The van der Waals surface area contributed by atoms with Gasteiger partial charge in [0.1, 0.15) is 5.69 Å². The van der Waals surface area contributed by atoms with Gasteiger partial charge >= 0.3 is 5.97 Å². The van der Waals surface area contributed by atoms with E-state index < -0.39 is 4.92 Å². The first-order valence-electron chi connectivity index (χ1n) is 5.73. The van der Waals surface area contributed by atoms with Crippen LogP contribution < -0.4 is 0 Å². The maximum atomic E-state index is 12.1. The van der Waals surface area contributed by atoms with Crippen LogP contribution in [0.15, 0.2) is 12.3 Å². The van der Waals surface area contributed by atoms with Crippen LogP contribution in [0.3, 0.4) is 0 Å². The van der Waals surface area contributed by atoms with Crippen molar-refractivity contribution < 1.29 is 19.2 Å². The molecule has 1 fully saturated rings. The van der Waals surface area contributed by atoms with E-state index in [1.165, 1.54) is 24.3 Å². The lowest BCUT2D eigenvalue weighted by molar-refractivity contribution is -0.384. The van der Waals surface area contributed by atoms with Gasteiger partial charge in [0, 0.05) is 19.2 Å². The maximum absolute atomic E-state index is 12.1. The smallest absolute Gasteiger partial charge is 0.310 e. The summed E-state index contributed by atoms with van der Waals surface area (Å²) in [5, 5.41) is 10.5. The number of nitro groups is 1. The second-order valence-electron chi connectivity index (χ2n) is 4.29. The Balaban J connectivity index is 2.04. The van der Waals surface area contributed by atoms with E-state index in [0.717, 1.165) is 0 Å². The summed E-state index contributed by atoms with van der Waals surface area (Å²) in [6, 6.07) is 1.19. The molecule has 1 aliphatic rings. The zero-order chi connectivity index (χ0) is 14.0. The minimum atomic E-state index is -0.575. The van der Waals surface area contributed by atoms with Crippen molar-refractivity contribution in [2.75, 3.05) is 20.2 Å². The van der Waals surface area contributed by atoms with Crippen LogP contribution >= 0.6 is 0 Å². The number of nitrogens with one attached hydrogen (secondary N) is 1. The molecule has 0 aromatic carbocycles. The molecule has 2 heterocycles. The fourth-order valence-electron chi connectivity index (χ4n) is 2.09. The van der Waals surface area contributed by atoms with Crippen LogP contribution in [-0.4, -0.2) is 46.9 Å². The minimum Gasteiger partial charge on any atom is -0.469 e. The highest BCUT2D eigenvalue weighted by molar-refractivity contribution is 5.93. The molecule has 0 radical (unpaired) electrons. The van der Waals surface area contributed by atoms with Crippen LogP contribution in [0.4, 0.5) is 5.69 Å². The summed E-state index contributed by atoms with van der Waals surface area (Å²) in [4.78, 5) is 37.4. The molecule has 1 atom stereocenters. The number of nitrogens with zero attached hydrogens (tertiary/aromatic N) is 2. The van der Waals surface area contributed by atoms with E-state index in [9.17, 15) is 19.7 Å². The molecular weight excluding hydrogens is 254 g/mol. The number of hydrogen-bond acceptors (Lipinski definition) is 5. The second-order valence-corrected chi connectivity index (χ2v) is 4.29. The van der Waals surface area contributed by atoms with Crippen molar-refractivity contribution in [1.82, 2.24) is 9.88 Å². The molecule has 8 heteroatoms. The van der Waals surface area contributed by atoms with Crippen LogP contribution in [0, 0.1) is 16.0 Å². The van der Waals surface area contributed by atoms with Crippen LogP contribution in [-0.2, 0) is 9.53 Å². The van der Waals surface area contributed by atoms with Gasteiger partial charge < -0.3 is 14.6 Å². The summed E-state index contributed by atoms with van der Waals surface area (Å²) in [6.45, 7) is 0.712. The fourth-order valence-corrected chi connectivity index (χ4v) is 2.09. The summed E-state index contributed by atoms with van der Waals surface area (Å²) >= 11 is 0. The Morgan fingerprint density at radius 1 is 1.58 bits per heavy atom. The SMILES string of the molecule is COC(=O)C1CCN(C(=O)c2cc([N+](=O)[O-])c[nH]2)C1. The molecule has 1 N–H and O–H groups in total. The lowest BCUT2D eigenvalue weighted by Crippen LogP contribution is -2.30. The third-order valence-corrected chi connectivity index (χ3v) is 3.12.